The molecule has 0 saturated heterocycles. The van der Waals surface area contributed by atoms with E-state index in [0.717, 1.165) is 5.56 Å². The smallest absolute Gasteiger partial charge is 0.274 e. The lowest BCUT2D eigenvalue weighted by molar-refractivity contribution is 0.102. The molecule has 1 amide bonds. The van der Waals surface area contributed by atoms with E-state index < -0.39 is 11.5 Å². The molecule has 0 saturated carbocycles. The number of aromatic amines is 1. The number of thiazole rings is 1. The molecular weight excluding hydrogens is 392 g/mol. The Labute approximate surface area is 169 Å². The summed E-state index contributed by atoms with van der Waals surface area (Å²) in [6, 6.07) is 14.7. The standard InChI is InChI=1S/C20H16N4O4S/c1-28-15-8-4-13(5-9-15)21-19(27)16-10-18(26)24(23-16)20-22-17(11-29-20)12-2-6-14(25)7-3-12/h2-11,23,25H,1H3,(H,21,27). The van der Waals surface area contributed by atoms with Crippen molar-refractivity contribution in [2.75, 3.05) is 12.4 Å². The van der Waals surface area contributed by atoms with Crippen LogP contribution in [-0.4, -0.2) is 32.9 Å². The Morgan fingerprint density at radius 1 is 1.17 bits per heavy atom. The van der Waals surface area contributed by atoms with Crippen molar-refractivity contribution in [3.8, 4) is 27.9 Å². The van der Waals surface area contributed by atoms with Gasteiger partial charge in [-0.2, -0.15) is 4.68 Å². The highest BCUT2D eigenvalue weighted by Crippen LogP contribution is 2.25. The summed E-state index contributed by atoms with van der Waals surface area (Å²) < 4.78 is 6.30. The number of hydrogen-bond donors (Lipinski definition) is 3. The summed E-state index contributed by atoms with van der Waals surface area (Å²) in [5, 5.41) is 17.1. The first-order chi connectivity index (χ1) is 14.0. The fourth-order valence-corrected chi connectivity index (χ4v) is 3.46. The lowest BCUT2D eigenvalue weighted by Gasteiger charge is -2.05. The van der Waals surface area contributed by atoms with Crippen molar-refractivity contribution in [3.63, 3.8) is 0 Å². The molecule has 3 N–H and O–H groups in total. The minimum absolute atomic E-state index is 0.118. The quantitative estimate of drug-likeness (QED) is 0.470. The molecule has 8 nitrogen and oxygen atoms in total. The Bertz CT molecular complexity index is 1210. The van der Waals surface area contributed by atoms with Gasteiger partial charge in [0.1, 0.15) is 17.2 Å². The van der Waals surface area contributed by atoms with E-state index in [1.165, 1.54) is 22.1 Å². The first-order valence-corrected chi connectivity index (χ1v) is 9.44. The Kier molecular flexibility index (Phi) is 4.88. The second kappa shape index (κ2) is 7.64. The third kappa shape index (κ3) is 3.90. The summed E-state index contributed by atoms with van der Waals surface area (Å²) >= 11 is 1.26. The van der Waals surface area contributed by atoms with Gasteiger partial charge in [-0.1, -0.05) is 0 Å². The number of hydrogen-bond acceptors (Lipinski definition) is 6. The van der Waals surface area contributed by atoms with E-state index in [1.807, 2.05) is 0 Å². The molecule has 2 aromatic carbocycles. The molecule has 0 radical (unpaired) electrons. The molecule has 2 heterocycles. The zero-order valence-corrected chi connectivity index (χ0v) is 16.1. The van der Waals surface area contributed by atoms with Gasteiger partial charge in [-0.15, -0.1) is 11.3 Å². The summed E-state index contributed by atoms with van der Waals surface area (Å²) in [5.41, 5.74) is 1.77. The molecule has 0 aliphatic rings. The van der Waals surface area contributed by atoms with E-state index in [1.54, 1.807) is 61.0 Å². The number of amides is 1. The average molecular weight is 408 g/mol. The molecule has 4 aromatic rings. The van der Waals surface area contributed by atoms with E-state index in [2.05, 4.69) is 15.4 Å². The van der Waals surface area contributed by atoms with Gasteiger partial charge >= 0.3 is 0 Å². The molecule has 2 aromatic heterocycles. The largest absolute Gasteiger partial charge is 0.508 e. The number of aromatic hydroxyl groups is 1. The minimum atomic E-state index is -0.443. The summed E-state index contributed by atoms with van der Waals surface area (Å²) in [6.07, 6.45) is 0. The van der Waals surface area contributed by atoms with Crippen LogP contribution in [0.4, 0.5) is 5.69 Å². The molecule has 0 aliphatic heterocycles. The van der Waals surface area contributed by atoms with Crippen LogP contribution in [0.5, 0.6) is 11.5 Å². The molecule has 0 atom stereocenters. The Hall–Kier alpha value is -3.85. The number of nitrogens with one attached hydrogen (secondary N) is 2. The highest BCUT2D eigenvalue weighted by molar-refractivity contribution is 7.12. The third-order valence-corrected chi connectivity index (χ3v) is 4.99. The van der Waals surface area contributed by atoms with Gasteiger partial charge in [0, 0.05) is 22.7 Å². The summed E-state index contributed by atoms with van der Waals surface area (Å²) in [6.45, 7) is 0. The van der Waals surface area contributed by atoms with Crippen LogP contribution in [-0.2, 0) is 0 Å². The van der Waals surface area contributed by atoms with Crippen LogP contribution in [0.15, 0.2) is 64.8 Å². The number of phenols is 1. The predicted octanol–water partition coefficient (Wildman–Crippen LogP) is 3.26. The molecule has 0 bridgehead atoms. The number of ether oxygens (including phenoxy) is 1. The number of nitrogens with zero attached hydrogens (tertiary/aromatic N) is 2. The van der Waals surface area contributed by atoms with Gasteiger partial charge < -0.3 is 15.2 Å². The molecular formula is C20H16N4O4S. The van der Waals surface area contributed by atoms with Gasteiger partial charge in [0.2, 0.25) is 5.13 Å². The highest BCUT2D eigenvalue weighted by Gasteiger charge is 2.15. The van der Waals surface area contributed by atoms with Gasteiger partial charge in [-0.3, -0.25) is 14.7 Å². The van der Waals surface area contributed by atoms with E-state index in [4.69, 9.17) is 4.74 Å². The fraction of sp³-hybridized carbons (Fsp3) is 0.0500. The molecule has 146 valence electrons. The van der Waals surface area contributed by atoms with Crippen molar-refractivity contribution >= 4 is 22.9 Å². The maximum absolute atomic E-state index is 12.5. The van der Waals surface area contributed by atoms with Crippen LogP contribution in [0.2, 0.25) is 0 Å². The minimum Gasteiger partial charge on any atom is -0.508 e. The van der Waals surface area contributed by atoms with Gasteiger partial charge in [0.15, 0.2) is 0 Å². The highest BCUT2D eigenvalue weighted by atomic mass is 32.1. The van der Waals surface area contributed by atoms with Crippen molar-refractivity contribution < 1.29 is 14.6 Å². The SMILES string of the molecule is COc1ccc(NC(=O)c2cc(=O)n(-c3nc(-c4ccc(O)cc4)cs3)[nH]2)cc1. The van der Waals surface area contributed by atoms with E-state index in [0.29, 0.717) is 22.3 Å². The van der Waals surface area contributed by atoms with Crippen LogP contribution in [0, 0.1) is 0 Å². The van der Waals surface area contributed by atoms with E-state index in [9.17, 15) is 14.7 Å². The summed E-state index contributed by atoms with van der Waals surface area (Å²) in [5.74, 6) is 0.398. The Morgan fingerprint density at radius 2 is 1.90 bits per heavy atom. The first-order valence-electron chi connectivity index (χ1n) is 8.56. The molecule has 0 fully saturated rings. The monoisotopic (exact) mass is 408 g/mol. The van der Waals surface area contributed by atoms with Crippen molar-refractivity contribution in [1.29, 1.82) is 0 Å². The zero-order valence-electron chi connectivity index (χ0n) is 15.2. The van der Waals surface area contributed by atoms with Gasteiger partial charge in [-0.25, -0.2) is 4.98 Å². The van der Waals surface area contributed by atoms with Crippen LogP contribution < -0.4 is 15.6 Å². The van der Waals surface area contributed by atoms with Crippen molar-refractivity contribution in [2.45, 2.75) is 0 Å². The first kappa shape index (κ1) is 18.5. The topological polar surface area (TPSA) is 109 Å². The fourth-order valence-electron chi connectivity index (χ4n) is 2.66. The number of benzene rings is 2. The Morgan fingerprint density at radius 3 is 2.59 bits per heavy atom. The molecule has 4 rings (SSSR count). The molecule has 9 heteroatoms. The van der Waals surface area contributed by atoms with Crippen molar-refractivity contribution in [2.24, 2.45) is 0 Å². The normalized spacial score (nSPS) is 10.7. The number of phenolic OH excluding ortho intramolecular Hbond substituents is 1. The van der Waals surface area contributed by atoms with Crippen LogP contribution in [0.1, 0.15) is 10.5 Å². The van der Waals surface area contributed by atoms with Crippen LogP contribution in [0.25, 0.3) is 16.4 Å². The average Bonchev–Trinajstić information content (AvgIpc) is 3.36. The van der Waals surface area contributed by atoms with Gasteiger partial charge in [0.25, 0.3) is 11.5 Å². The molecule has 0 spiro atoms. The second-order valence-corrected chi connectivity index (χ2v) is 6.92. The molecule has 29 heavy (non-hydrogen) atoms. The molecule has 0 unspecified atom stereocenters. The zero-order chi connectivity index (χ0) is 20.4. The number of aromatic nitrogens is 3. The van der Waals surface area contributed by atoms with E-state index >= 15 is 0 Å². The second-order valence-electron chi connectivity index (χ2n) is 6.09. The predicted molar refractivity (Wildman–Crippen MR) is 110 cm³/mol. The third-order valence-electron chi connectivity index (χ3n) is 4.16. The summed E-state index contributed by atoms with van der Waals surface area (Å²) in [4.78, 5) is 29.2. The van der Waals surface area contributed by atoms with Gasteiger partial charge in [-0.05, 0) is 48.5 Å². The Balaban J connectivity index is 1.55. The lowest BCUT2D eigenvalue weighted by Crippen LogP contribution is -2.14. The van der Waals surface area contributed by atoms with Crippen LogP contribution in [0.3, 0.4) is 0 Å². The number of carbonyl (C=O) groups excluding carboxylic acids is 1. The number of carbonyl (C=O) groups is 1. The van der Waals surface area contributed by atoms with Crippen molar-refractivity contribution in [1.82, 2.24) is 14.8 Å². The van der Waals surface area contributed by atoms with Gasteiger partial charge in [0.05, 0.1) is 12.8 Å². The maximum atomic E-state index is 12.5. The maximum Gasteiger partial charge on any atom is 0.274 e. The number of H-pyrrole nitrogens is 1. The summed E-state index contributed by atoms with van der Waals surface area (Å²) in [7, 11) is 1.56. The number of methoxy groups -OCH3 is 1. The number of anilines is 1. The molecule has 0 aliphatic carbocycles. The van der Waals surface area contributed by atoms with E-state index in [-0.39, 0.29) is 11.4 Å². The van der Waals surface area contributed by atoms with Crippen molar-refractivity contribution in [3.05, 3.63) is 76.0 Å². The number of rotatable bonds is 5. The lowest BCUT2D eigenvalue weighted by atomic mass is 10.2. The van der Waals surface area contributed by atoms with Crippen LogP contribution >= 0.6 is 11.3 Å².